The number of rotatable bonds is 4. The SMILES string of the molecule is Cc1nc2sc(C(c3cccc([N+](=O)[O-])c3)N3CCC(=O)CC3)c(O)n2n1. The molecule has 1 aliphatic heterocycles. The van der Waals surface area contributed by atoms with Gasteiger partial charge in [0, 0.05) is 38.1 Å². The van der Waals surface area contributed by atoms with Gasteiger partial charge >= 0.3 is 0 Å². The number of benzene rings is 1. The van der Waals surface area contributed by atoms with E-state index in [1.165, 1.54) is 28.0 Å². The summed E-state index contributed by atoms with van der Waals surface area (Å²) in [6.07, 6.45) is 0.845. The monoisotopic (exact) mass is 387 g/mol. The van der Waals surface area contributed by atoms with Crippen molar-refractivity contribution in [1.82, 2.24) is 19.5 Å². The maximum atomic E-state index is 11.7. The highest BCUT2D eigenvalue weighted by molar-refractivity contribution is 7.17. The summed E-state index contributed by atoms with van der Waals surface area (Å²) >= 11 is 1.30. The normalized spacial score (nSPS) is 16.7. The average Bonchev–Trinajstić information content (AvgIpc) is 3.15. The molecule has 27 heavy (non-hydrogen) atoms. The molecule has 0 spiro atoms. The molecule has 2 aromatic heterocycles. The second-order valence-electron chi connectivity index (χ2n) is 6.47. The van der Waals surface area contributed by atoms with Gasteiger partial charge in [0.25, 0.3) is 5.69 Å². The molecule has 0 saturated carbocycles. The van der Waals surface area contributed by atoms with E-state index >= 15 is 0 Å². The Labute approximate surface area is 158 Å². The van der Waals surface area contributed by atoms with Gasteiger partial charge in [-0.15, -0.1) is 5.10 Å². The van der Waals surface area contributed by atoms with Crippen LogP contribution in [0.4, 0.5) is 5.69 Å². The topological polar surface area (TPSA) is 114 Å². The number of aromatic hydroxyl groups is 1. The molecule has 140 valence electrons. The maximum absolute atomic E-state index is 11.7. The number of hydrogen-bond donors (Lipinski definition) is 1. The van der Waals surface area contributed by atoms with Crippen molar-refractivity contribution in [3.8, 4) is 5.88 Å². The Hall–Kier alpha value is -2.85. The van der Waals surface area contributed by atoms with Crippen LogP contribution >= 0.6 is 11.3 Å². The first-order valence-corrected chi connectivity index (χ1v) is 9.31. The number of fused-ring (bicyclic) bond motifs is 1. The molecule has 3 heterocycles. The van der Waals surface area contributed by atoms with Crippen LogP contribution in [0.2, 0.25) is 0 Å². The standard InChI is InChI=1S/C17H17N5O4S/c1-10-18-17-21(19-10)16(24)15(27-17)14(20-7-5-13(23)6-8-20)11-3-2-4-12(9-11)22(25)26/h2-4,9,14,24H,5-8H2,1H3. The number of ketones is 1. The number of non-ortho nitro benzene ring substituents is 1. The Balaban J connectivity index is 1.83. The molecule has 4 rings (SSSR count). The number of hydrogen-bond acceptors (Lipinski definition) is 8. The number of aromatic nitrogens is 3. The van der Waals surface area contributed by atoms with E-state index in [4.69, 9.17) is 0 Å². The summed E-state index contributed by atoms with van der Waals surface area (Å²) in [6, 6.07) is 5.97. The summed E-state index contributed by atoms with van der Waals surface area (Å²) in [5.41, 5.74) is 0.676. The van der Waals surface area contributed by atoms with Crippen LogP contribution in [-0.2, 0) is 4.79 Å². The van der Waals surface area contributed by atoms with Crippen LogP contribution in [-0.4, -0.2) is 48.4 Å². The highest BCUT2D eigenvalue weighted by atomic mass is 32.1. The molecule has 1 aliphatic rings. The molecule has 9 nitrogen and oxygen atoms in total. The number of carbonyl (C=O) groups excluding carboxylic acids is 1. The van der Waals surface area contributed by atoms with E-state index in [-0.39, 0.29) is 17.4 Å². The summed E-state index contributed by atoms with van der Waals surface area (Å²) in [5, 5.41) is 26.1. The zero-order chi connectivity index (χ0) is 19.1. The molecule has 1 unspecified atom stereocenters. The van der Waals surface area contributed by atoms with E-state index in [9.17, 15) is 20.0 Å². The predicted molar refractivity (Wildman–Crippen MR) is 98.0 cm³/mol. The third-order valence-electron chi connectivity index (χ3n) is 4.67. The zero-order valence-electron chi connectivity index (χ0n) is 14.5. The Morgan fingerprint density at radius 2 is 2.07 bits per heavy atom. The van der Waals surface area contributed by atoms with Gasteiger partial charge in [-0.2, -0.15) is 4.52 Å². The minimum absolute atomic E-state index is 0.0135. The van der Waals surface area contributed by atoms with Crippen LogP contribution in [0, 0.1) is 17.0 Å². The summed E-state index contributed by atoms with van der Waals surface area (Å²) in [6.45, 7) is 2.80. The van der Waals surface area contributed by atoms with Gasteiger partial charge in [0.1, 0.15) is 11.6 Å². The van der Waals surface area contributed by atoms with E-state index < -0.39 is 11.0 Å². The number of piperidine rings is 1. The summed E-state index contributed by atoms with van der Waals surface area (Å²) in [4.78, 5) is 30.0. The smallest absolute Gasteiger partial charge is 0.269 e. The van der Waals surface area contributed by atoms with Crippen molar-refractivity contribution < 1.29 is 14.8 Å². The minimum Gasteiger partial charge on any atom is -0.492 e. The number of aryl methyl sites for hydroxylation is 1. The molecule has 10 heteroatoms. The number of nitro benzene ring substituents is 1. The molecule has 0 bridgehead atoms. The number of Topliss-reactive ketones (excluding diaryl/α,β-unsaturated/α-hetero) is 1. The van der Waals surface area contributed by atoms with Crippen LogP contribution in [0.1, 0.15) is 35.1 Å². The molecule has 0 aliphatic carbocycles. The molecule has 1 atom stereocenters. The Kier molecular flexibility index (Phi) is 4.36. The quantitative estimate of drug-likeness (QED) is 0.540. The van der Waals surface area contributed by atoms with Crippen molar-refractivity contribution in [1.29, 1.82) is 0 Å². The molecule has 1 fully saturated rings. The zero-order valence-corrected chi connectivity index (χ0v) is 15.3. The van der Waals surface area contributed by atoms with Gasteiger partial charge in [-0.1, -0.05) is 23.5 Å². The molecular formula is C17H17N5O4S. The maximum Gasteiger partial charge on any atom is 0.269 e. The summed E-state index contributed by atoms with van der Waals surface area (Å²) < 4.78 is 1.38. The van der Waals surface area contributed by atoms with Crippen molar-refractivity contribution in [2.24, 2.45) is 0 Å². The lowest BCUT2D eigenvalue weighted by atomic mass is 9.99. The van der Waals surface area contributed by atoms with Gasteiger partial charge in [-0.05, 0) is 12.5 Å². The third-order valence-corrected chi connectivity index (χ3v) is 5.74. The molecule has 1 saturated heterocycles. The van der Waals surface area contributed by atoms with Crippen molar-refractivity contribution in [2.75, 3.05) is 13.1 Å². The van der Waals surface area contributed by atoms with E-state index in [0.717, 1.165) is 0 Å². The molecule has 1 N–H and O–H groups in total. The van der Waals surface area contributed by atoms with Gasteiger partial charge in [-0.25, -0.2) is 4.98 Å². The van der Waals surface area contributed by atoms with Gasteiger partial charge in [0.05, 0.1) is 15.8 Å². The van der Waals surface area contributed by atoms with Crippen LogP contribution in [0.3, 0.4) is 0 Å². The fourth-order valence-electron chi connectivity index (χ4n) is 3.39. The van der Waals surface area contributed by atoms with Crippen LogP contribution < -0.4 is 0 Å². The second-order valence-corrected chi connectivity index (χ2v) is 7.48. The molecule has 0 radical (unpaired) electrons. The van der Waals surface area contributed by atoms with E-state index in [1.54, 1.807) is 19.1 Å². The first-order chi connectivity index (χ1) is 12.9. The van der Waals surface area contributed by atoms with Crippen LogP contribution in [0.15, 0.2) is 24.3 Å². The summed E-state index contributed by atoms with van der Waals surface area (Å²) in [5.74, 6) is 0.731. The lowest BCUT2D eigenvalue weighted by Gasteiger charge is -2.33. The number of likely N-dealkylation sites (tertiary alicyclic amines) is 1. The van der Waals surface area contributed by atoms with Crippen molar-refractivity contribution in [3.63, 3.8) is 0 Å². The highest BCUT2D eigenvalue weighted by Crippen LogP contribution is 2.41. The molecule has 3 aromatic rings. The lowest BCUT2D eigenvalue weighted by Crippen LogP contribution is -2.37. The Morgan fingerprint density at radius 3 is 2.74 bits per heavy atom. The second kappa shape index (κ2) is 6.71. The van der Waals surface area contributed by atoms with Gasteiger partial charge in [0.15, 0.2) is 0 Å². The first-order valence-electron chi connectivity index (χ1n) is 8.49. The number of nitro groups is 1. The Morgan fingerprint density at radius 1 is 1.33 bits per heavy atom. The number of nitrogens with zero attached hydrogens (tertiary/aromatic N) is 5. The van der Waals surface area contributed by atoms with Crippen molar-refractivity contribution >= 4 is 27.8 Å². The number of carbonyl (C=O) groups is 1. The van der Waals surface area contributed by atoms with Crippen LogP contribution in [0.25, 0.3) is 4.96 Å². The Bertz CT molecular complexity index is 1030. The molecule has 1 aromatic carbocycles. The van der Waals surface area contributed by atoms with Crippen molar-refractivity contribution in [3.05, 3.63) is 50.6 Å². The van der Waals surface area contributed by atoms with Crippen LogP contribution in [0.5, 0.6) is 5.88 Å². The van der Waals surface area contributed by atoms with Gasteiger partial charge < -0.3 is 5.11 Å². The highest BCUT2D eigenvalue weighted by Gasteiger charge is 2.32. The van der Waals surface area contributed by atoms with E-state index in [2.05, 4.69) is 15.0 Å². The molecule has 0 amide bonds. The minimum atomic E-state index is -0.438. The van der Waals surface area contributed by atoms with Crippen molar-refractivity contribution in [2.45, 2.75) is 25.8 Å². The molecular weight excluding hydrogens is 370 g/mol. The van der Waals surface area contributed by atoms with Gasteiger partial charge in [0.2, 0.25) is 10.8 Å². The van der Waals surface area contributed by atoms with E-state index in [1.807, 2.05) is 0 Å². The number of thiazole rings is 1. The fraction of sp³-hybridized carbons (Fsp3) is 0.353. The average molecular weight is 387 g/mol. The summed E-state index contributed by atoms with van der Waals surface area (Å²) in [7, 11) is 0. The fourth-order valence-corrected chi connectivity index (χ4v) is 4.56. The largest absolute Gasteiger partial charge is 0.492 e. The first kappa shape index (κ1) is 17.6. The van der Waals surface area contributed by atoms with Gasteiger partial charge in [-0.3, -0.25) is 19.8 Å². The predicted octanol–water partition coefficient (Wildman–Crippen LogP) is 2.47. The lowest BCUT2D eigenvalue weighted by molar-refractivity contribution is -0.384. The van der Waals surface area contributed by atoms with E-state index in [0.29, 0.717) is 47.2 Å². The third kappa shape index (κ3) is 3.17.